The average Bonchev–Trinajstić information content (AvgIpc) is 2.90. The first kappa shape index (κ1) is 14.6. The lowest BCUT2D eigenvalue weighted by atomic mass is 9.98. The molecule has 0 saturated heterocycles. The number of halogens is 3. The molecule has 6 heteroatoms. The maximum absolute atomic E-state index is 12.6. The van der Waals surface area contributed by atoms with Crippen LogP contribution in [0.4, 0.5) is 13.2 Å². The van der Waals surface area contributed by atoms with Gasteiger partial charge in [-0.15, -0.1) is 0 Å². The molecule has 108 valence electrons. The topological polar surface area (TPSA) is 43.8 Å². The van der Waals surface area contributed by atoms with Crippen molar-refractivity contribution in [1.82, 2.24) is 9.78 Å². The summed E-state index contributed by atoms with van der Waals surface area (Å²) >= 11 is 0. The molecule has 2 aromatic rings. The molecule has 3 nitrogen and oxygen atoms in total. The predicted octanol–water partition coefficient (Wildman–Crippen LogP) is 3.55. The molecule has 2 rings (SSSR count). The lowest BCUT2D eigenvalue weighted by Gasteiger charge is -2.23. The van der Waals surface area contributed by atoms with Gasteiger partial charge in [-0.3, -0.25) is 4.68 Å². The van der Waals surface area contributed by atoms with Crippen molar-refractivity contribution in [2.45, 2.75) is 31.6 Å². The Hall–Kier alpha value is -1.82. The highest BCUT2D eigenvalue weighted by Gasteiger charge is 2.34. The molecular formula is C14H16F3N3. The van der Waals surface area contributed by atoms with E-state index in [4.69, 9.17) is 5.73 Å². The van der Waals surface area contributed by atoms with E-state index in [-0.39, 0.29) is 6.04 Å². The number of nitrogens with zero attached hydrogens (tertiary/aromatic N) is 2. The Morgan fingerprint density at radius 2 is 1.85 bits per heavy atom. The number of benzene rings is 1. The molecule has 0 aliphatic carbocycles. The van der Waals surface area contributed by atoms with Gasteiger partial charge < -0.3 is 5.73 Å². The maximum atomic E-state index is 12.6. The number of hydrogen-bond acceptors (Lipinski definition) is 2. The number of rotatable bonds is 4. The van der Waals surface area contributed by atoms with E-state index in [2.05, 4.69) is 5.10 Å². The molecule has 2 N–H and O–H groups in total. The first-order valence-electron chi connectivity index (χ1n) is 6.36. The second kappa shape index (κ2) is 5.66. The third-order valence-electron chi connectivity index (χ3n) is 3.26. The zero-order chi connectivity index (χ0) is 14.8. The van der Waals surface area contributed by atoms with Gasteiger partial charge in [0.25, 0.3) is 0 Å². The minimum absolute atomic E-state index is 0.312. The number of aromatic nitrogens is 2. The molecule has 1 aromatic carbocycles. The van der Waals surface area contributed by atoms with Crippen LogP contribution in [0.25, 0.3) is 0 Å². The predicted molar refractivity (Wildman–Crippen MR) is 69.9 cm³/mol. The van der Waals surface area contributed by atoms with E-state index >= 15 is 0 Å². The molecule has 0 amide bonds. The lowest BCUT2D eigenvalue weighted by Crippen LogP contribution is -2.25. The Labute approximate surface area is 115 Å². The Morgan fingerprint density at radius 3 is 2.35 bits per heavy atom. The monoisotopic (exact) mass is 283 g/mol. The summed E-state index contributed by atoms with van der Waals surface area (Å²) in [6, 6.07) is 9.56. The molecule has 0 aliphatic rings. The highest BCUT2D eigenvalue weighted by molar-refractivity contribution is 5.20. The van der Waals surface area contributed by atoms with E-state index in [9.17, 15) is 13.2 Å². The van der Waals surface area contributed by atoms with Gasteiger partial charge in [0.1, 0.15) is 0 Å². The lowest BCUT2D eigenvalue weighted by molar-refractivity contribution is -0.141. The fourth-order valence-corrected chi connectivity index (χ4v) is 2.18. The van der Waals surface area contributed by atoms with Crippen LogP contribution in [0, 0.1) is 0 Å². The molecule has 0 spiro atoms. The van der Waals surface area contributed by atoms with Gasteiger partial charge >= 0.3 is 6.18 Å². The van der Waals surface area contributed by atoms with E-state index in [0.29, 0.717) is 6.42 Å². The number of alkyl halides is 3. The van der Waals surface area contributed by atoms with Crippen molar-refractivity contribution < 1.29 is 13.2 Å². The van der Waals surface area contributed by atoms with Gasteiger partial charge in [-0.2, -0.15) is 18.3 Å². The van der Waals surface area contributed by atoms with E-state index < -0.39 is 17.9 Å². The van der Waals surface area contributed by atoms with Crippen LogP contribution >= 0.6 is 0 Å². The van der Waals surface area contributed by atoms with Gasteiger partial charge in [0.05, 0.1) is 12.1 Å². The highest BCUT2D eigenvalue weighted by atomic mass is 19.4. The molecule has 0 saturated carbocycles. The smallest absolute Gasteiger partial charge is 0.322 e. The second-order valence-corrected chi connectivity index (χ2v) is 4.59. The van der Waals surface area contributed by atoms with Crippen molar-refractivity contribution in [3.63, 3.8) is 0 Å². The van der Waals surface area contributed by atoms with Crippen LogP contribution in [0.3, 0.4) is 0 Å². The molecule has 0 fully saturated rings. The van der Waals surface area contributed by atoms with Gasteiger partial charge in [0, 0.05) is 6.20 Å². The van der Waals surface area contributed by atoms with E-state index in [1.165, 1.54) is 10.9 Å². The number of hydrogen-bond donors (Lipinski definition) is 1. The third-order valence-corrected chi connectivity index (χ3v) is 3.26. The fourth-order valence-electron chi connectivity index (χ4n) is 2.18. The Balaban J connectivity index is 2.26. The SMILES string of the molecule is CCC(C(N)c1ccccc1)n1ccc(C(F)(F)F)n1. The molecule has 2 unspecified atom stereocenters. The highest BCUT2D eigenvalue weighted by Crippen LogP contribution is 2.31. The first-order valence-corrected chi connectivity index (χ1v) is 6.36. The largest absolute Gasteiger partial charge is 0.435 e. The van der Waals surface area contributed by atoms with Crippen LogP contribution in [-0.2, 0) is 6.18 Å². The van der Waals surface area contributed by atoms with Crippen LogP contribution in [0.1, 0.15) is 36.7 Å². The van der Waals surface area contributed by atoms with E-state index in [1.807, 2.05) is 37.3 Å². The van der Waals surface area contributed by atoms with Crippen molar-refractivity contribution in [3.05, 3.63) is 53.9 Å². The summed E-state index contributed by atoms with van der Waals surface area (Å²) in [4.78, 5) is 0. The minimum Gasteiger partial charge on any atom is -0.322 e. The molecule has 0 bridgehead atoms. The van der Waals surface area contributed by atoms with E-state index in [0.717, 1.165) is 11.6 Å². The fraction of sp³-hybridized carbons (Fsp3) is 0.357. The minimum atomic E-state index is -4.43. The Morgan fingerprint density at radius 1 is 1.20 bits per heavy atom. The standard InChI is InChI=1S/C14H16F3N3/c1-2-11(13(18)10-6-4-3-5-7-10)20-9-8-12(19-20)14(15,16)17/h3-9,11,13H,2,18H2,1H3. The summed E-state index contributed by atoms with van der Waals surface area (Å²) in [5.74, 6) is 0. The van der Waals surface area contributed by atoms with Crippen molar-refractivity contribution in [3.8, 4) is 0 Å². The summed E-state index contributed by atoms with van der Waals surface area (Å²) < 4.78 is 39.1. The average molecular weight is 283 g/mol. The van der Waals surface area contributed by atoms with Crippen molar-refractivity contribution in [2.75, 3.05) is 0 Å². The Kier molecular flexibility index (Phi) is 4.13. The van der Waals surface area contributed by atoms with Gasteiger partial charge in [-0.1, -0.05) is 37.3 Å². The van der Waals surface area contributed by atoms with Crippen LogP contribution < -0.4 is 5.73 Å². The van der Waals surface area contributed by atoms with Crippen molar-refractivity contribution in [1.29, 1.82) is 0 Å². The zero-order valence-electron chi connectivity index (χ0n) is 11.0. The number of nitrogens with two attached hydrogens (primary N) is 1. The van der Waals surface area contributed by atoms with Crippen LogP contribution in [0.15, 0.2) is 42.6 Å². The van der Waals surface area contributed by atoms with Gasteiger partial charge in [-0.25, -0.2) is 0 Å². The molecular weight excluding hydrogens is 267 g/mol. The van der Waals surface area contributed by atoms with Gasteiger partial charge in [-0.05, 0) is 18.1 Å². The van der Waals surface area contributed by atoms with Gasteiger partial charge in [0.15, 0.2) is 5.69 Å². The van der Waals surface area contributed by atoms with Crippen molar-refractivity contribution >= 4 is 0 Å². The van der Waals surface area contributed by atoms with Crippen LogP contribution in [-0.4, -0.2) is 9.78 Å². The summed E-state index contributed by atoms with van der Waals surface area (Å²) in [6.07, 6.45) is -2.50. The molecule has 1 aromatic heterocycles. The zero-order valence-corrected chi connectivity index (χ0v) is 11.0. The third kappa shape index (κ3) is 3.01. The summed E-state index contributed by atoms with van der Waals surface area (Å²) in [6.45, 7) is 1.88. The Bertz CT molecular complexity index is 548. The van der Waals surface area contributed by atoms with Gasteiger partial charge in [0.2, 0.25) is 0 Å². The normalized spacial score (nSPS) is 15.1. The van der Waals surface area contributed by atoms with E-state index in [1.54, 1.807) is 0 Å². The van der Waals surface area contributed by atoms with Crippen molar-refractivity contribution in [2.24, 2.45) is 5.73 Å². The molecule has 0 aliphatic heterocycles. The quantitative estimate of drug-likeness (QED) is 0.932. The molecule has 2 atom stereocenters. The van der Waals surface area contributed by atoms with Crippen LogP contribution in [0.2, 0.25) is 0 Å². The van der Waals surface area contributed by atoms with Crippen LogP contribution in [0.5, 0.6) is 0 Å². The first-order chi connectivity index (χ1) is 9.43. The molecule has 1 heterocycles. The summed E-state index contributed by atoms with van der Waals surface area (Å²) in [7, 11) is 0. The molecule has 20 heavy (non-hydrogen) atoms. The summed E-state index contributed by atoms with van der Waals surface area (Å²) in [5.41, 5.74) is 6.14. The maximum Gasteiger partial charge on any atom is 0.435 e. The molecule has 0 radical (unpaired) electrons. The second-order valence-electron chi connectivity index (χ2n) is 4.59. The summed E-state index contributed by atoms with van der Waals surface area (Å²) in [5, 5.41) is 3.61.